The Kier molecular flexibility index (Phi) is 3.21. The fraction of sp³-hybridized carbons (Fsp3) is 0.438. The molecule has 0 amide bonds. The number of nitrogens with zero attached hydrogens (tertiary/aromatic N) is 2. The summed E-state index contributed by atoms with van der Waals surface area (Å²) in [7, 11) is -3.02. The molecule has 2 aliphatic rings. The van der Waals surface area contributed by atoms with Gasteiger partial charge in [0.2, 0.25) is 0 Å². The van der Waals surface area contributed by atoms with Gasteiger partial charge in [0, 0.05) is 43.2 Å². The minimum absolute atomic E-state index is 0.0768. The number of fused-ring (bicyclic) bond motifs is 2. The second kappa shape index (κ2) is 5.01. The number of hydrogen-bond donors (Lipinski definition) is 1. The van der Waals surface area contributed by atoms with E-state index in [1.807, 2.05) is 24.3 Å². The SMILES string of the molecule is N[C@@H]1CS(=O)(=O)[C@H]2CN(Cc3cccc4cccnc34)C[C@@H]12. The molecule has 116 valence electrons. The van der Waals surface area contributed by atoms with Crippen LogP contribution in [-0.4, -0.2) is 48.4 Å². The van der Waals surface area contributed by atoms with Crippen LogP contribution in [0, 0.1) is 5.92 Å². The van der Waals surface area contributed by atoms with Crippen LogP contribution in [0.4, 0.5) is 0 Å². The molecule has 0 spiro atoms. The van der Waals surface area contributed by atoms with E-state index < -0.39 is 9.84 Å². The molecule has 2 aromatic rings. The van der Waals surface area contributed by atoms with Gasteiger partial charge in [0.15, 0.2) is 9.84 Å². The van der Waals surface area contributed by atoms with Crippen LogP contribution in [0.5, 0.6) is 0 Å². The number of pyridine rings is 1. The van der Waals surface area contributed by atoms with E-state index in [2.05, 4.69) is 16.0 Å². The zero-order valence-corrected chi connectivity index (χ0v) is 13.0. The first-order valence-corrected chi connectivity index (χ1v) is 9.28. The first-order chi connectivity index (χ1) is 10.5. The van der Waals surface area contributed by atoms with Crippen LogP contribution in [0.15, 0.2) is 36.5 Å². The minimum atomic E-state index is -3.02. The monoisotopic (exact) mass is 317 g/mol. The van der Waals surface area contributed by atoms with Crippen molar-refractivity contribution in [3.8, 4) is 0 Å². The molecule has 2 saturated heterocycles. The lowest BCUT2D eigenvalue weighted by Crippen LogP contribution is -2.33. The first-order valence-electron chi connectivity index (χ1n) is 7.57. The van der Waals surface area contributed by atoms with Crippen LogP contribution in [0.1, 0.15) is 5.56 Å². The van der Waals surface area contributed by atoms with Gasteiger partial charge >= 0.3 is 0 Å². The van der Waals surface area contributed by atoms with Crippen molar-refractivity contribution < 1.29 is 8.42 Å². The van der Waals surface area contributed by atoms with E-state index in [1.165, 1.54) is 0 Å². The minimum Gasteiger partial charge on any atom is -0.326 e. The normalized spacial score (nSPS) is 30.7. The van der Waals surface area contributed by atoms with Crippen molar-refractivity contribution in [2.45, 2.75) is 17.8 Å². The maximum absolute atomic E-state index is 12.1. The summed E-state index contributed by atoms with van der Waals surface area (Å²) in [6.07, 6.45) is 1.80. The van der Waals surface area contributed by atoms with E-state index in [-0.39, 0.29) is 23.0 Å². The number of benzene rings is 1. The molecular formula is C16H19N3O2S. The first kappa shape index (κ1) is 14.1. The molecule has 1 aromatic carbocycles. The molecule has 0 aliphatic carbocycles. The van der Waals surface area contributed by atoms with Gasteiger partial charge in [0.25, 0.3) is 0 Å². The number of hydrogen-bond acceptors (Lipinski definition) is 5. The fourth-order valence-corrected chi connectivity index (χ4v) is 6.14. The van der Waals surface area contributed by atoms with E-state index >= 15 is 0 Å². The number of aromatic nitrogens is 1. The van der Waals surface area contributed by atoms with Crippen molar-refractivity contribution >= 4 is 20.7 Å². The zero-order valence-electron chi connectivity index (χ0n) is 12.2. The summed E-state index contributed by atoms with van der Waals surface area (Å²) in [5.74, 6) is 0.222. The maximum Gasteiger partial charge on any atom is 0.156 e. The lowest BCUT2D eigenvalue weighted by molar-refractivity contribution is 0.309. The van der Waals surface area contributed by atoms with Crippen molar-refractivity contribution in [1.29, 1.82) is 0 Å². The van der Waals surface area contributed by atoms with Crippen molar-refractivity contribution in [2.24, 2.45) is 11.7 Å². The second-order valence-electron chi connectivity index (χ2n) is 6.38. The zero-order chi connectivity index (χ0) is 15.3. The molecule has 2 fully saturated rings. The van der Waals surface area contributed by atoms with Crippen LogP contribution >= 0.6 is 0 Å². The van der Waals surface area contributed by atoms with Gasteiger partial charge in [-0.25, -0.2) is 8.42 Å². The predicted octanol–water partition coefficient (Wildman–Crippen LogP) is 0.791. The highest BCUT2D eigenvalue weighted by molar-refractivity contribution is 7.92. The Hall–Kier alpha value is -1.50. The summed E-state index contributed by atoms with van der Waals surface area (Å²) in [5, 5.41) is 0.828. The number of sulfone groups is 1. The third-order valence-corrected chi connectivity index (χ3v) is 7.20. The quantitative estimate of drug-likeness (QED) is 0.886. The highest BCUT2D eigenvalue weighted by atomic mass is 32.2. The molecule has 2 aliphatic heterocycles. The molecule has 0 bridgehead atoms. The van der Waals surface area contributed by atoms with Crippen LogP contribution in [0.25, 0.3) is 10.9 Å². The molecule has 1 aromatic heterocycles. The van der Waals surface area contributed by atoms with Crippen LogP contribution in [-0.2, 0) is 16.4 Å². The number of rotatable bonds is 2. The third-order valence-electron chi connectivity index (χ3n) is 4.93. The molecule has 2 N–H and O–H groups in total. The van der Waals surface area contributed by atoms with Gasteiger partial charge < -0.3 is 5.73 Å². The highest BCUT2D eigenvalue weighted by Gasteiger charge is 2.50. The van der Waals surface area contributed by atoms with Gasteiger partial charge in [0.1, 0.15) is 0 Å². The fourth-order valence-electron chi connectivity index (χ4n) is 3.85. The molecule has 6 heteroatoms. The van der Waals surface area contributed by atoms with E-state index in [0.29, 0.717) is 6.54 Å². The third kappa shape index (κ3) is 2.22. The number of nitrogens with two attached hydrogens (primary N) is 1. The van der Waals surface area contributed by atoms with Crippen molar-refractivity contribution in [1.82, 2.24) is 9.88 Å². The van der Waals surface area contributed by atoms with Crippen molar-refractivity contribution in [2.75, 3.05) is 18.8 Å². The molecule has 0 unspecified atom stereocenters. The van der Waals surface area contributed by atoms with Gasteiger partial charge in [-0.3, -0.25) is 9.88 Å². The molecule has 4 rings (SSSR count). The highest BCUT2D eigenvalue weighted by Crippen LogP contribution is 2.34. The Morgan fingerprint density at radius 3 is 2.86 bits per heavy atom. The Labute approximate surface area is 130 Å². The van der Waals surface area contributed by atoms with Gasteiger partial charge in [-0.1, -0.05) is 24.3 Å². The molecule has 3 atom stereocenters. The summed E-state index contributed by atoms with van der Waals surface area (Å²) < 4.78 is 24.3. The van der Waals surface area contributed by atoms with Gasteiger partial charge in [-0.05, 0) is 11.6 Å². The van der Waals surface area contributed by atoms with E-state index in [0.717, 1.165) is 29.6 Å². The lowest BCUT2D eigenvalue weighted by atomic mass is 10.0. The van der Waals surface area contributed by atoms with Crippen molar-refractivity contribution in [3.05, 3.63) is 42.1 Å². The topological polar surface area (TPSA) is 76.3 Å². The summed E-state index contributed by atoms with van der Waals surface area (Å²) in [6.45, 7) is 2.07. The van der Waals surface area contributed by atoms with Gasteiger partial charge in [-0.15, -0.1) is 0 Å². The number of likely N-dealkylation sites (tertiary alicyclic amines) is 1. The average molecular weight is 317 g/mol. The molecule has 22 heavy (non-hydrogen) atoms. The molecule has 5 nitrogen and oxygen atoms in total. The van der Waals surface area contributed by atoms with Crippen LogP contribution < -0.4 is 5.73 Å². The Bertz CT molecular complexity index is 816. The van der Waals surface area contributed by atoms with Crippen LogP contribution in [0.2, 0.25) is 0 Å². The molecule has 0 radical (unpaired) electrons. The Morgan fingerprint density at radius 1 is 1.23 bits per heavy atom. The summed E-state index contributed by atoms with van der Waals surface area (Å²) in [5.41, 5.74) is 8.16. The standard InChI is InChI=1S/C16H19N3O2S/c17-14-10-22(20,21)15-9-19(8-13(14)15)7-12-4-1-3-11-5-2-6-18-16(11)12/h1-6,13-15H,7-10,17H2/t13-,14+,15-/m0/s1. The summed E-state index contributed by atoms with van der Waals surface area (Å²) >= 11 is 0. The van der Waals surface area contributed by atoms with E-state index in [4.69, 9.17) is 5.73 Å². The Morgan fingerprint density at radius 2 is 2.05 bits per heavy atom. The Balaban J connectivity index is 1.60. The van der Waals surface area contributed by atoms with Gasteiger partial charge in [-0.2, -0.15) is 0 Å². The van der Waals surface area contributed by atoms with E-state index in [9.17, 15) is 8.42 Å². The lowest BCUT2D eigenvalue weighted by Gasteiger charge is -2.18. The van der Waals surface area contributed by atoms with Crippen LogP contribution in [0.3, 0.4) is 0 Å². The predicted molar refractivity (Wildman–Crippen MR) is 86.1 cm³/mol. The maximum atomic E-state index is 12.1. The van der Waals surface area contributed by atoms with E-state index in [1.54, 1.807) is 6.20 Å². The van der Waals surface area contributed by atoms with Gasteiger partial charge in [0.05, 0.1) is 16.5 Å². The second-order valence-corrected chi connectivity index (χ2v) is 8.65. The van der Waals surface area contributed by atoms with Crippen molar-refractivity contribution in [3.63, 3.8) is 0 Å². The largest absolute Gasteiger partial charge is 0.326 e. The smallest absolute Gasteiger partial charge is 0.156 e. The summed E-state index contributed by atoms with van der Waals surface area (Å²) in [6, 6.07) is 9.90. The molecule has 0 saturated carbocycles. The summed E-state index contributed by atoms with van der Waals surface area (Å²) in [4.78, 5) is 6.67. The molecular weight excluding hydrogens is 298 g/mol. The number of para-hydroxylation sites is 1. The average Bonchev–Trinajstić information content (AvgIpc) is 3.00. The molecule has 3 heterocycles.